The zero-order valence-electron chi connectivity index (χ0n) is 11.2. The molecule has 2 atom stereocenters. The maximum atomic E-state index is 12.4. The van der Waals surface area contributed by atoms with Crippen LogP contribution in [0, 0.1) is 11.8 Å². The summed E-state index contributed by atoms with van der Waals surface area (Å²) in [7, 11) is 4.11. The molecule has 2 fully saturated rings. The Morgan fingerprint density at radius 1 is 1.22 bits per heavy atom. The maximum absolute atomic E-state index is 12.4. The van der Waals surface area contributed by atoms with Crippen LogP contribution in [-0.4, -0.2) is 53.5 Å². The number of rotatable bonds is 1. The van der Waals surface area contributed by atoms with Crippen LogP contribution in [0.5, 0.6) is 0 Å². The average molecular weight is 247 g/mol. The van der Waals surface area contributed by atoms with E-state index in [4.69, 9.17) is 0 Å². The Morgan fingerprint density at radius 3 is 2.72 bits per heavy atom. The Balaban J connectivity index is 1.72. The molecule has 4 heteroatoms. The summed E-state index contributed by atoms with van der Waals surface area (Å²) in [5.74, 6) is 1.58. The van der Waals surface area contributed by atoms with E-state index in [0.717, 1.165) is 25.3 Å². The molecule has 3 rings (SSSR count). The molecule has 0 aliphatic carbocycles. The van der Waals surface area contributed by atoms with Gasteiger partial charge in [-0.3, -0.25) is 4.79 Å². The zero-order valence-corrected chi connectivity index (χ0v) is 11.2. The molecule has 0 radical (unpaired) electrons. The Kier molecular flexibility index (Phi) is 2.90. The highest BCUT2D eigenvalue weighted by molar-refractivity contribution is 5.93. The number of carbonyl (C=O) groups is 1. The molecule has 2 aliphatic rings. The normalized spacial score (nSPS) is 28.4. The second-order valence-corrected chi connectivity index (χ2v) is 5.79. The van der Waals surface area contributed by atoms with E-state index in [9.17, 15) is 4.79 Å². The smallest absolute Gasteiger partial charge is 0.270 e. The lowest BCUT2D eigenvalue weighted by Gasteiger charge is -2.31. The summed E-state index contributed by atoms with van der Waals surface area (Å²) in [6.07, 6.45) is 3.17. The van der Waals surface area contributed by atoms with Gasteiger partial charge in [0.25, 0.3) is 5.91 Å². The van der Waals surface area contributed by atoms with E-state index in [-0.39, 0.29) is 5.91 Å². The van der Waals surface area contributed by atoms with Crippen molar-refractivity contribution in [2.75, 3.05) is 33.2 Å². The van der Waals surface area contributed by atoms with Gasteiger partial charge in [0.1, 0.15) is 5.69 Å². The van der Waals surface area contributed by atoms with Crippen molar-refractivity contribution in [1.29, 1.82) is 0 Å². The Bertz CT molecular complexity index is 454. The van der Waals surface area contributed by atoms with E-state index >= 15 is 0 Å². The van der Waals surface area contributed by atoms with Gasteiger partial charge < -0.3 is 14.4 Å². The first-order valence-electron chi connectivity index (χ1n) is 6.74. The van der Waals surface area contributed by atoms with Crippen LogP contribution in [0.4, 0.5) is 0 Å². The molecule has 1 amide bonds. The van der Waals surface area contributed by atoms with Crippen molar-refractivity contribution >= 4 is 5.91 Å². The molecule has 0 aromatic carbocycles. The van der Waals surface area contributed by atoms with Gasteiger partial charge in [0, 0.05) is 32.9 Å². The summed E-state index contributed by atoms with van der Waals surface area (Å²) in [5.41, 5.74) is 0.807. The lowest BCUT2D eigenvalue weighted by Crippen LogP contribution is -2.37. The summed E-state index contributed by atoms with van der Waals surface area (Å²) in [6.45, 7) is 4.19. The van der Waals surface area contributed by atoms with Crippen molar-refractivity contribution in [3.05, 3.63) is 24.0 Å². The molecule has 0 spiro atoms. The minimum atomic E-state index is 0.194. The number of nitrogens with zero attached hydrogens (tertiary/aromatic N) is 3. The second-order valence-electron chi connectivity index (χ2n) is 5.79. The summed E-state index contributed by atoms with van der Waals surface area (Å²) in [4.78, 5) is 16.9. The average Bonchev–Trinajstić information content (AvgIpc) is 2.93. The van der Waals surface area contributed by atoms with Crippen molar-refractivity contribution in [2.24, 2.45) is 18.9 Å². The molecule has 98 valence electrons. The molecule has 4 nitrogen and oxygen atoms in total. The second kappa shape index (κ2) is 4.43. The SMILES string of the molecule is CN1CC[C@@H]2CN(C(=O)c3cccn3C)C[C@@H]2C1. The minimum Gasteiger partial charge on any atom is -0.347 e. The third kappa shape index (κ3) is 1.94. The third-order valence-electron chi connectivity index (χ3n) is 4.45. The number of aromatic nitrogens is 1. The van der Waals surface area contributed by atoms with Crippen LogP contribution >= 0.6 is 0 Å². The van der Waals surface area contributed by atoms with E-state index in [1.165, 1.54) is 13.0 Å². The van der Waals surface area contributed by atoms with Crippen LogP contribution in [0.3, 0.4) is 0 Å². The zero-order chi connectivity index (χ0) is 12.7. The first kappa shape index (κ1) is 11.8. The Hall–Kier alpha value is -1.29. The van der Waals surface area contributed by atoms with Crippen molar-refractivity contribution < 1.29 is 4.79 Å². The molecular formula is C14H21N3O. The predicted molar refractivity (Wildman–Crippen MR) is 70.4 cm³/mol. The lowest BCUT2D eigenvalue weighted by atomic mass is 9.89. The van der Waals surface area contributed by atoms with E-state index < -0.39 is 0 Å². The van der Waals surface area contributed by atoms with E-state index in [2.05, 4.69) is 11.9 Å². The minimum absolute atomic E-state index is 0.194. The van der Waals surface area contributed by atoms with Gasteiger partial charge >= 0.3 is 0 Å². The molecule has 3 heterocycles. The number of amides is 1. The summed E-state index contributed by atoms with van der Waals surface area (Å²) in [5, 5.41) is 0. The number of carbonyl (C=O) groups excluding carboxylic acids is 1. The topological polar surface area (TPSA) is 28.5 Å². The number of hydrogen-bond acceptors (Lipinski definition) is 2. The van der Waals surface area contributed by atoms with Crippen molar-refractivity contribution in [3.8, 4) is 0 Å². The van der Waals surface area contributed by atoms with Gasteiger partial charge in [-0.25, -0.2) is 0 Å². The van der Waals surface area contributed by atoms with Crippen LogP contribution in [0.1, 0.15) is 16.9 Å². The van der Waals surface area contributed by atoms with Crippen molar-refractivity contribution in [3.63, 3.8) is 0 Å². The van der Waals surface area contributed by atoms with Crippen molar-refractivity contribution in [1.82, 2.24) is 14.4 Å². The Morgan fingerprint density at radius 2 is 2.00 bits per heavy atom. The number of aryl methyl sites for hydroxylation is 1. The molecule has 0 saturated carbocycles. The third-order valence-corrected chi connectivity index (χ3v) is 4.45. The van der Waals surface area contributed by atoms with Crippen LogP contribution < -0.4 is 0 Å². The lowest BCUT2D eigenvalue weighted by molar-refractivity contribution is 0.0774. The largest absolute Gasteiger partial charge is 0.347 e. The van der Waals surface area contributed by atoms with Gasteiger partial charge in [0.15, 0.2) is 0 Å². The first-order chi connectivity index (χ1) is 8.65. The van der Waals surface area contributed by atoms with Crippen LogP contribution in [0.2, 0.25) is 0 Å². The highest BCUT2D eigenvalue weighted by Gasteiger charge is 2.38. The molecule has 1 aromatic heterocycles. The maximum Gasteiger partial charge on any atom is 0.270 e. The number of fused-ring (bicyclic) bond motifs is 1. The fourth-order valence-corrected chi connectivity index (χ4v) is 3.36. The van der Waals surface area contributed by atoms with Crippen LogP contribution in [-0.2, 0) is 7.05 Å². The highest BCUT2D eigenvalue weighted by Crippen LogP contribution is 2.31. The van der Waals surface area contributed by atoms with Gasteiger partial charge in [-0.1, -0.05) is 0 Å². The molecule has 2 aliphatic heterocycles. The highest BCUT2D eigenvalue weighted by atomic mass is 16.2. The fourth-order valence-electron chi connectivity index (χ4n) is 3.36. The Labute approximate surface area is 108 Å². The molecule has 0 unspecified atom stereocenters. The molecule has 0 bridgehead atoms. The number of hydrogen-bond donors (Lipinski definition) is 0. The van der Waals surface area contributed by atoms with Gasteiger partial charge in [0.05, 0.1) is 0 Å². The molecule has 0 N–H and O–H groups in total. The number of likely N-dealkylation sites (tertiary alicyclic amines) is 2. The van der Waals surface area contributed by atoms with Gasteiger partial charge in [0.2, 0.25) is 0 Å². The standard InChI is InChI=1S/C14H21N3O/c1-15-7-5-11-9-17(10-12(11)8-15)14(18)13-4-3-6-16(13)2/h3-4,6,11-12H,5,7-10H2,1-2H3/t11-,12+/m1/s1. The van der Waals surface area contributed by atoms with Crippen molar-refractivity contribution in [2.45, 2.75) is 6.42 Å². The summed E-state index contributed by atoms with van der Waals surface area (Å²) in [6, 6.07) is 3.85. The first-order valence-corrected chi connectivity index (χ1v) is 6.74. The van der Waals surface area contributed by atoms with Crippen LogP contribution in [0.25, 0.3) is 0 Å². The summed E-state index contributed by atoms with van der Waals surface area (Å²) < 4.78 is 1.91. The van der Waals surface area contributed by atoms with Gasteiger partial charge in [-0.2, -0.15) is 0 Å². The fraction of sp³-hybridized carbons (Fsp3) is 0.643. The van der Waals surface area contributed by atoms with E-state index in [0.29, 0.717) is 11.8 Å². The summed E-state index contributed by atoms with van der Waals surface area (Å²) >= 11 is 0. The van der Waals surface area contributed by atoms with E-state index in [1.54, 1.807) is 0 Å². The molecular weight excluding hydrogens is 226 g/mol. The van der Waals surface area contributed by atoms with Crippen LogP contribution in [0.15, 0.2) is 18.3 Å². The van der Waals surface area contributed by atoms with Gasteiger partial charge in [-0.05, 0) is 44.0 Å². The monoisotopic (exact) mass is 247 g/mol. The quantitative estimate of drug-likeness (QED) is 0.742. The van der Waals surface area contributed by atoms with Gasteiger partial charge in [-0.15, -0.1) is 0 Å². The molecule has 2 saturated heterocycles. The molecule has 18 heavy (non-hydrogen) atoms. The van der Waals surface area contributed by atoms with E-state index in [1.807, 2.05) is 34.8 Å². The number of piperidine rings is 1. The molecule has 1 aromatic rings. The predicted octanol–water partition coefficient (Wildman–Crippen LogP) is 1.05.